The van der Waals surface area contributed by atoms with E-state index in [4.69, 9.17) is 0 Å². The summed E-state index contributed by atoms with van der Waals surface area (Å²) in [7, 11) is -3.47. The first kappa shape index (κ1) is 15.6. The largest absolute Gasteiger partial charge is 0.254 e. The van der Waals surface area contributed by atoms with E-state index in [9.17, 15) is 8.42 Å². The van der Waals surface area contributed by atoms with Crippen LogP contribution in [0.4, 0.5) is 0 Å². The number of aromatic nitrogens is 2. The van der Waals surface area contributed by atoms with E-state index in [1.807, 2.05) is 19.2 Å². The van der Waals surface area contributed by atoms with Crippen molar-refractivity contribution in [1.29, 1.82) is 0 Å². The molecule has 0 aliphatic carbocycles. The van der Waals surface area contributed by atoms with Gasteiger partial charge < -0.3 is 0 Å². The number of nitrogens with zero attached hydrogens (tertiary/aromatic N) is 3. The third-order valence-corrected chi connectivity index (χ3v) is 7.03. The predicted molar refractivity (Wildman–Crippen MR) is 81.7 cm³/mol. The topological polar surface area (TPSA) is 63.2 Å². The summed E-state index contributed by atoms with van der Waals surface area (Å²) < 4.78 is 27.1. The standard InChI is InChI=1S/C12H17N3O2S3/c1-9(2)15(6-4-11-13-5-7-18-11)20(16,17)12-8-14-10(3)19-12/h5,7-9H,4,6H2,1-3H3. The van der Waals surface area contributed by atoms with Crippen LogP contribution in [0.25, 0.3) is 0 Å². The summed E-state index contributed by atoms with van der Waals surface area (Å²) >= 11 is 2.75. The smallest absolute Gasteiger partial charge is 0.250 e. The highest BCUT2D eigenvalue weighted by atomic mass is 32.2. The molecule has 20 heavy (non-hydrogen) atoms. The van der Waals surface area contributed by atoms with E-state index in [1.54, 1.807) is 24.5 Å². The first-order chi connectivity index (χ1) is 9.41. The molecule has 0 radical (unpaired) electrons. The van der Waals surface area contributed by atoms with Gasteiger partial charge in [-0.05, 0) is 20.8 Å². The van der Waals surface area contributed by atoms with Gasteiger partial charge in [-0.3, -0.25) is 0 Å². The molecule has 2 aromatic rings. The van der Waals surface area contributed by atoms with Crippen molar-refractivity contribution in [2.24, 2.45) is 0 Å². The Morgan fingerprint density at radius 3 is 2.60 bits per heavy atom. The van der Waals surface area contributed by atoms with E-state index in [0.29, 0.717) is 17.2 Å². The van der Waals surface area contributed by atoms with Gasteiger partial charge in [-0.2, -0.15) is 4.31 Å². The van der Waals surface area contributed by atoms with Crippen LogP contribution in [0.3, 0.4) is 0 Å². The molecule has 5 nitrogen and oxygen atoms in total. The lowest BCUT2D eigenvalue weighted by Gasteiger charge is -2.24. The van der Waals surface area contributed by atoms with E-state index in [1.165, 1.54) is 21.8 Å². The zero-order valence-corrected chi connectivity index (χ0v) is 14.1. The van der Waals surface area contributed by atoms with Crippen molar-refractivity contribution in [2.75, 3.05) is 6.54 Å². The lowest BCUT2D eigenvalue weighted by atomic mass is 10.3. The Morgan fingerprint density at radius 1 is 1.35 bits per heavy atom. The van der Waals surface area contributed by atoms with Gasteiger partial charge in [0.05, 0.1) is 16.2 Å². The number of rotatable bonds is 6. The molecule has 0 amide bonds. The second-order valence-corrected chi connectivity index (χ2v) is 8.91. The summed E-state index contributed by atoms with van der Waals surface area (Å²) in [5, 5.41) is 3.61. The highest BCUT2D eigenvalue weighted by molar-refractivity contribution is 7.91. The fraction of sp³-hybridized carbons (Fsp3) is 0.500. The average molecular weight is 331 g/mol. The van der Waals surface area contributed by atoms with Crippen LogP contribution in [0.5, 0.6) is 0 Å². The summed E-state index contributed by atoms with van der Waals surface area (Å²) in [5.41, 5.74) is 0. The first-order valence-corrected chi connectivity index (χ1v) is 9.37. The van der Waals surface area contributed by atoms with Crippen molar-refractivity contribution < 1.29 is 8.42 Å². The van der Waals surface area contributed by atoms with E-state index in [-0.39, 0.29) is 6.04 Å². The molecular weight excluding hydrogens is 314 g/mol. The molecule has 0 saturated carbocycles. The molecule has 110 valence electrons. The molecule has 0 fully saturated rings. The third-order valence-electron chi connectivity index (χ3n) is 2.77. The van der Waals surface area contributed by atoms with Gasteiger partial charge in [0.1, 0.15) is 0 Å². The molecule has 2 aromatic heterocycles. The average Bonchev–Trinajstić information content (AvgIpc) is 2.99. The summed E-state index contributed by atoms with van der Waals surface area (Å²) in [5.74, 6) is 0. The van der Waals surface area contributed by atoms with Gasteiger partial charge in [0.15, 0.2) is 4.21 Å². The number of hydrogen-bond acceptors (Lipinski definition) is 6. The Balaban J connectivity index is 2.19. The highest BCUT2D eigenvalue weighted by Crippen LogP contribution is 2.24. The molecular formula is C12H17N3O2S3. The van der Waals surface area contributed by atoms with Crippen molar-refractivity contribution >= 4 is 32.7 Å². The van der Waals surface area contributed by atoms with E-state index < -0.39 is 10.0 Å². The number of aryl methyl sites for hydroxylation is 1. The number of hydrogen-bond donors (Lipinski definition) is 0. The van der Waals surface area contributed by atoms with E-state index in [0.717, 1.165) is 10.0 Å². The SMILES string of the molecule is Cc1ncc(S(=O)(=O)N(CCc2nccs2)C(C)C)s1. The molecule has 0 aromatic carbocycles. The minimum absolute atomic E-state index is 0.0950. The van der Waals surface area contributed by atoms with Crippen molar-refractivity contribution in [2.45, 2.75) is 37.4 Å². The molecule has 0 aliphatic rings. The van der Waals surface area contributed by atoms with Crippen LogP contribution in [0, 0.1) is 6.92 Å². The van der Waals surface area contributed by atoms with Crippen molar-refractivity contribution in [3.63, 3.8) is 0 Å². The third kappa shape index (κ3) is 3.43. The second-order valence-electron chi connectivity index (χ2n) is 4.58. The van der Waals surface area contributed by atoms with Crippen LogP contribution in [0.1, 0.15) is 23.9 Å². The summed E-state index contributed by atoms with van der Waals surface area (Å²) in [6.45, 7) is 6.00. The van der Waals surface area contributed by atoms with Crippen molar-refractivity contribution in [1.82, 2.24) is 14.3 Å². The maximum absolute atomic E-state index is 12.6. The number of sulfonamides is 1. The van der Waals surface area contributed by atoms with Gasteiger partial charge in [0.2, 0.25) is 0 Å². The molecule has 0 N–H and O–H groups in total. The maximum atomic E-state index is 12.6. The maximum Gasteiger partial charge on any atom is 0.254 e. The molecule has 2 rings (SSSR count). The van der Waals surface area contributed by atoms with Crippen LogP contribution in [-0.2, 0) is 16.4 Å². The molecule has 2 heterocycles. The minimum Gasteiger partial charge on any atom is -0.250 e. The lowest BCUT2D eigenvalue weighted by molar-refractivity contribution is 0.358. The first-order valence-electron chi connectivity index (χ1n) is 6.24. The molecule has 0 unspecified atom stereocenters. The van der Waals surface area contributed by atoms with Gasteiger partial charge >= 0.3 is 0 Å². The van der Waals surface area contributed by atoms with Crippen LogP contribution < -0.4 is 0 Å². The van der Waals surface area contributed by atoms with Gasteiger partial charge in [-0.1, -0.05) is 0 Å². The van der Waals surface area contributed by atoms with Gasteiger partial charge in [0.25, 0.3) is 10.0 Å². The molecule has 0 atom stereocenters. The Morgan fingerprint density at radius 2 is 2.10 bits per heavy atom. The molecule has 0 bridgehead atoms. The van der Waals surface area contributed by atoms with Crippen LogP contribution in [0.2, 0.25) is 0 Å². The zero-order valence-electron chi connectivity index (χ0n) is 11.6. The highest BCUT2D eigenvalue weighted by Gasteiger charge is 2.28. The summed E-state index contributed by atoms with van der Waals surface area (Å²) in [6, 6.07) is -0.0950. The van der Waals surface area contributed by atoms with Crippen molar-refractivity contribution in [3.8, 4) is 0 Å². The van der Waals surface area contributed by atoms with Crippen LogP contribution in [-0.4, -0.2) is 35.3 Å². The van der Waals surface area contributed by atoms with Gasteiger partial charge in [0, 0.05) is 30.6 Å². The Hall–Kier alpha value is -0.830. The fourth-order valence-corrected chi connectivity index (χ4v) is 5.30. The van der Waals surface area contributed by atoms with Crippen LogP contribution >= 0.6 is 22.7 Å². The predicted octanol–water partition coefficient (Wildman–Crippen LogP) is 2.55. The molecule has 0 aliphatic heterocycles. The van der Waals surface area contributed by atoms with Gasteiger partial charge in [-0.25, -0.2) is 18.4 Å². The Bertz CT molecular complexity index is 647. The summed E-state index contributed by atoms with van der Waals surface area (Å²) in [4.78, 5) is 8.23. The van der Waals surface area contributed by atoms with Crippen LogP contribution in [0.15, 0.2) is 22.0 Å². The number of thiazole rings is 2. The van der Waals surface area contributed by atoms with E-state index >= 15 is 0 Å². The van der Waals surface area contributed by atoms with Gasteiger partial charge in [-0.15, -0.1) is 22.7 Å². The monoisotopic (exact) mass is 331 g/mol. The second kappa shape index (κ2) is 6.30. The molecule has 0 saturated heterocycles. The Kier molecular flexibility index (Phi) is 4.90. The fourth-order valence-electron chi connectivity index (χ4n) is 1.81. The zero-order chi connectivity index (χ0) is 14.8. The minimum atomic E-state index is -3.47. The Labute approximate surface area is 127 Å². The normalized spacial score (nSPS) is 12.4. The molecule has 0 spiro atoms. The summed E-state index contributed by atoms with van der Waals surface area (Å²) in [6.07, 6.45) is 3.81. The van der Waals surface area contributed by atoms with Crippen molar-refractivity contribution in [3.05, 3.63) is 27.8 Å². The molecule has 8 heteroatoms. The van der Waals surface area contributed by atoms with E-state index in [2.05, 4.69) is 9.97 Å². The lowest BCUT2D eigenvalue weighted by Crippen LogP contribution is -2.38. The quantitative estimate of drug-likeness (QED) is 0.816.